The number of halogens is 3. The van der Waals surface area contributed by atoms with Gasteiger partial charge in [0.1, 0.15) is 11.3 Å². The minimum atomic E-state index is -4.39. The van der Waals surface area contributed by atoms with Crippen molar-refractivity contribution in [2.75, 3.05) is 5.75 Å². The van der Waals surface area contributed by atoms with Crippen LogP contribution in [0.4, 0.5) is 13.2 Å². The standard InChI is InChI=1S/C24H24F3NO2S/c1-13-7-14(2)21-18(8-13)30-19-10-16(9-17(29)22(19)21)23(3,4)12-31-20-6-5-15(11-28-20)24(25,26)27/h5-8,11,16H,9-10,12H2,1-4H3. The molecule has 0 radical (unpaired) electrons. The highest BCUT2D eigenvalue weighted by Gasteiger charge is 2.39. The average molecular weight is 448 g/mol. The predicted molar refractivity (Wildman–Crippen MR) is 116 cm³/mol. The lowest BCUT2D eigenvalue weighted by Gasteiger charge is -2.35. The zero-order valence-corrected chi connectivity index (χ0v) is 18.7. The summed E-state index contributed by atoms with van der Waals surface area (Å²) < 4.78 is 44.3. The number of hydrogen-bond donors (Lipinski definition) is 0. The molecule has 3 nitrogen and oxygen atoms in total. The van der Waals surface area contributed by atoms with Crippen LogP contribution in [0, 0.1) is 25.2 Å². The molecule has 1 aromatic carbocycles. The number of Topliss-reactive ketones (excluding diaryl/α,β-unsaturated/α-hetero) is 1. The quantitative estimate of drug-likeness (QED) is 0.403. The van der Waals surface area contributed by atoms with Crippen LogP contribution in [0.25, 0.3) is 11.0 Å². The number of aromatic nitrogens is 1. The fourth-order valence-electron chi connectivity index (χ4n) is 4.28. The number of hydrogen-bond acceptors (Lipinski definition) is 4. The Bertz CT molecular complexity index is 1150. The maximum absolute atomic E-state index is 13.1. The second-order valence-corrected chi connectivity index (χ2v) is 10.0. The van der Waals surface area contributed by atoms with Gasteiger partial charge in [0.05, 0.1) is 16.2 Å². The number of carbonyl (C=O) groups is 1. The number of aryl methyl sites for hydroxylation is 2. The van der Waals surface area contributed by atoms with E-state index in [0.29, 0.717) is 23.6 Å². The van der Waals surface area contributed by atoms with Crippen molar-refractivity contribution in [1.82, 2.24) is 4.98 Å². The molecular weight excluding hydrogens is 423 g/mol. The Balaban J connectivity index is 1.52. The van der Waals surface area contributed by atoms with Crippen molar-refractivity contribution in [3.63, 3.8) is 0 Å². The molecular formula is C24H24F3NO2S. The molecule has 31 heavy (non-hydrogen) atoms. The van der Waals surface area contributed by atoms with Gasteiger partial charge in [0.2, 0.25) is 0 Å². The van der Waals surface area contributed by atoms with Crippen LogP contribution >= 0.6 is 11.8 Å². The summed E-state index contributed by atoms with van der Waals surface area (Å²) in [6.07, 6.45) is -2.42. The van der Waals surface area contributed by atoms with Crippen LogP contribution in [-0.4, -0.2) is 16.5 Å². The number of thioether (sulfide) groups is 1. The molecule has 2 heterocycles. The Labute approximate surface area is 183 Å². The average Bonchev–Trinajstić information content (AvgIpc) is 3.05. The van der Waals surface area contributed by atoms with Crippen LogP contribution in [-0.2, 0) is 12.6 Å². The third-order valence-electron chi connectivity index (χ3n) is 6.11. The monoisotopic (exact) mass is 447 g/mol. The molecule has 1 aliphatic rings. The van der Waals surface area contributed by atoms with Gasteiger partial charge in [-0.1, -0.05) is 19.9 Å². The molecule has 1 aliphatic carbocycles. The lowest BCUT2D eigenvalue weighted by molar-refractivity contribution is -0.137. The first-order valence-corrected chi connectivity index (χ1v) is 11.2. The summed E-state index contributed by atoms with van der Waals surface area (Å²) in [7, 11) is 0. The first-order valence-electron chi connectivity index (χ1n) is 10.2. The van der Waals surface area contributed by atoms with Crippen LogP contribution < -0.4 is 0 Å². The van der Waals surface area contributed by atoms with Gasteiger partial charge in [0, 0.05) is 30.2 Å². The fraction of sp³-hybridized carbons (Fsp3) is 0.417. The smallest absolute Gasteiger partial charge is 0.417 e. The number of rotatable bonds is 4. The molecule has 1 atom stereocenters. The van der Waals surface area contributed by atoms with Crippen LogP contribution in [0.15, 0.2) is 39.9 Å². The number of carbonyl (C=O) groups excluding carboxylic acids is 1. The molecule has 0 saturated carbocycles. The summed E-state index contributed by atoms with van der Waals surface area (Å²) in [5, 5.41) is 1.46. The van der Waals surface area contributed by atoms with E-state index in [4.69, 9.17) is 4.42 Å². The van der Waals surface area contributed by atoms with E-state index in [9.17, 15) is 18.0 Å². The van der Waals surface area contributed by atoms with Crippen LogP contribution in [0.2, 0.25) is 0 Å². The summed E-state index contributed by atoms with van der Waals surface area (Å²) >= 11 is 1.41. The van der Waals surface area contributed by atoms with Crippen molar-refractivity contribution in [2.24, 2.45) is 11.3 Å². The molecule has 1 unspecified atom stereocenters. The second-order valence-electron chi connectivity index (χ2n) is 9.04. The van der Waals surface area contributed by atoms with E-state index < -0.39 is 11.7 Å². The van der Waals surface area contributed by atoms with Gasteiger partial charge in [-0.3, -0.25) is 4.79 Å². The third kappa shape index (κ3) is 4.25. The highest BCUT2D eigenvalue weighted by molar-refractivity contribution is 7.99. The van der Waals surface area contributed by atoms with Crippen molar-refractivity contribution < 1.29 is 22.4 Å². The van der Waals surface area contributed by atoms with E-state index in [2.05, 4.69) is 24.9 Å². The normalized spacial score (nSPS) is 17.3. The number of alkyl halides is 3. The highest BCUT2D eigenvalue weighted by atomic mass is 32.2. The summed E-state index contributed by atoms with van der Waals surface area (Å²) in [5.74, 6) is 1.56. The molecule has 3 aromatic rings. The van der Waals surface area contributed by atoms with Crippen molar-refractivity contribution in [3.8, 4) is 0 Å². The van der Waals surface area contributed by atoms with E-state index in [1.807, 2.05) is 19.9 Å². The van der Waals surface area contributed by atoms with Crippen LogP contribution in [0.3, 0.4) is 0 Å². The number of furan rings is 1. The van der Waals surface area contributed by atoms with Gasteiger partial charge >= 0.3 is 6.18 Å². The number of nitrogens with zero attached hydrogens (tertiary/aromatic N) is 1. The van der Waals surface area contributed by atoms with Crippen molar-refractivity contribution in [3.05, 3.63) is 58.5 Å². The van der Waals surface area contributed by atoms with Crippen molar-refractivity contribution in [2.45, 2.75) is 51.7 Å². The number of benzene rings is 1. The lowest BCUT2D eigenvalue weighted by atomic mass is 9.71. The minimum Gasteiger partial charge on any atom is -0.460 e. The van der Waals surface area contributed by atoms with Crippen molar-refractivity contribution in [1.29, 1.82) is 0 Å². The number of pyridine rings is 1. The first-order chi connectivity index (χ1) is 14.5. The Morgan fingerprint density at radius 1 is 1.16 bits per heavy atom. The number of fused-ring (bicyclic) bond motifs is 3. The van der Waals surface area contributed by atoms with Crippen molar-refractivity contribution >= 4 is 28.5 Å². The lowest BCUT2D eigenvalue weighted by Crippen LogP contribution is -2.33. The molecule has 164 valence electrons. The first kappa shape index (κ1) is 21.9. The van der Waals surface area contributed by atoms with E-state index in [1.165, 1.54) is 17.8 Å². The third-order valence-corrected chi connectivity index (χ3v) is 7.53. The minimum absolute atomic E-state index is 0.0800. The number of ketones is 1. The summed E-state index contributed by atoms with van der Waals surface area (Å²) in [6, 6.07) is 6.49. The molecule has 0 N–H and O–H groups in total. The fourth-order valence-corrected chi connectivity index (χ4v) is 5.32. The molecule has 0 aliphatic heterocycles. The van der Waals surface area contributed by atoms with Crippen LogP contribution in [0.1, 0.15) is 53.1 Å². The van der Waals surface area contributed by atoms with E-state index >= 15 is 0 Å². The Morgan fingerprint density at radius 2 is 1.90 bits per heavy atom. The molecule has 0 saturated heterocycles. The molecule has 0 bridgehead atoms. The highest BCUT2D eigenvalue weighted by Crippen LogP contribution is 2.44. The van der Waals surface area contributed by atoms with Gasteiger partial charge in [-0.2, -0.15) is 13.2 Å². The Kier molecular flexibility index (Phi) is 5.44. The maximum atomic E-state index is 13.1. The van der Waals surface area contributed by atoms with Gasteiger partial charge in [-0.25, -0.2) is 4.98 Å². The predicted octanol–water partition coefficient (Wildman–Crippen LogP) is 7.03. The zero-order chi connectivity index (χ0) is 22.6. The molecule has 7 heteroatoms. The SMILES string of the molecule is Cc1cc(C)c2c3c(oc2c1)CC(C(C)(C)CSc1ccc(C(F)(F)F)cn1)CC3=O. The molecule has 0 spiro atoms. The topological polar surface area (TPSA) is 43.1 Å². The van der Waals surface area contributed by atoms with Gasteiger partial charge in [-0.05, 0) is 54.5 Å². The van der Waals surface area contributed by atoms with Crippen LogP contribution in [0.5, 0.6) is 0 Å². The van der Waals surface area contributed by atoms with Gasteiger partial charge in [-0.15, -0.1) is 11.8 Å². The zero-order valence-electron chi connectivity index (χ0n) is 17.9. The Morgan fingerprint density at radius 3 is 2.55 bits per heavy atom. The molecule has 4 rings (SSSR count). The molecule has 0 fully saturated rings. The van der Waals surface area contributed by atoms with Gasteiger partial charge in [0.25, 0.3) is 0 Å². The molecule has 2 aromatic heterocycles. The summed E-state index contributed by atoms with van der Waals surface area (Å²) in [5.41, 5.74) is 2.65. The van der Waals surface area contributed by atoms with E-state index in [0.717, 1.165) is 45.7 Å². The van der Waals surface area contributed by atoms with E-state index in [1.54, 1.807) is 0 Å². The van der Waals surface area contributed by atoms with Gasteiger partial charge < -0.3 is 4.42 Å². The maximum Gasteiger partial charge on any atom is 0.417 e. The summed E-state index contributed by atoms with van der Waals surface area (Å²) in [6.45, 7) is 8.19. The second kappa shape index (κ2) is 7.69. The Hall–Kier alpha value is -2.28. The van der Waals surface area contributed by atoms with E-state index in [-0.39, 0.29) is 17.1 Å². The summed E-state index contributed by atoms with van der Waals surface area (Å²) in [4.78, 5) is 17.0. The molecule has 0 amide bonds. The van der Waals surface area contributed by atoms with Gasteiger partial charge in [0.15, 0.2) is 5.78 Å². The largest absolute Gasteiger partial charge is 0.460 e.